The summed E-state index contributed by atoms with van der Waals surface area (Å²) in [4.78, 5) is 23.5. The van der Waals surface area contributed by atoms with Crippen molar-refractivity contribution >= 4 is 11.9 Å². The van der Waals surface area contributed by atoms with Crippen molar-refractivity contribution < 1.29 is 19.1 Å². The third-order valence-electron chi connectivity index (χ3n) is 3.64. The standard InChI is InChI=1S/C17H20FN3O3/c1-3-4-5-14(17(23)24)19-16(22)15-10-11(2)21(20-15)13-8-6-12(18)7-9-13/h6-10,14H,3-5H2,1-2H3,(H,19,22)(H,23,24)/t14-/m0/s1. The van der Waals surface area contributed by atoms with E-state index in [0.717, 1.165) is 6.42 Å². The van der Waals surface area contributed by atoms with Gasteiger partial charge in [-0.3, -0.25) is 4.79 Å². The normalized spacial score (nSPS) is 12.0. The van der Waals surface area contributed by atoms with Crippen LogP contribution in [0.15, 0.2) is 30.3 Å². The van der Waals surface area contributed by atoms with Gasteiger partial charge in [0.25, 0.3) is 5.91 Å². The molecule has 7 heteroatoms. The minimum absolute atomic E-state index is 0.125. The number of carbonyl (C=O) groups is 2. The molecule has 0 spiro atoms. The van der Waals surface area contributed by atoms with Gasteiger partial charge in [-0.05, 0) is 43.7 Å². The topological polar surface area (TPSA) is 84.2 Å². The molecule has 1 heterocycles. The van der Waals surface area contributed by atoms with Crippen LogP contribution in [0.2, 0.25) is 0 Å². The summed E-state index contributed by atoms with van der Waals surface area (Å²) in [7, 11) is 0. The van der Waals surface area contributed by atoms with Crippen molar-refractivity contribution in [3.63, 3.8) is 0 Å². The predicted octanol–water partition coefficient (Wildman–Crippen LogP) is 2.69. The van der Waals surface area contributed by atoms with Gasteiger partial charge < -0.3 is 10.4 Å². The number of benzene rings is 1. The monoisotopic (exact) mass is 333 g/mol. The van der Waals surface area contributed by atoms with Crippen LogP contribution in [-0.4, -0.2) is 32.8 Å². The summed E-state index contributed by atoms with van der Waals surface area (Å²) in [5, 5.41) is 15.9. The van der Waals surface area contributed by atoms with Crippen LogP contribution in [-0.2, 0) is 4.79 Å². The van der Waals surface area contributed by atoms with Crippen LogP contribution >= 0.6 is 0 Å². The van der Waals surface area contributed by atoms with Gasteiger partial charge in [-0.2, -0.15) is 5.10 Å². The maximum Gasteiger partial charge on any atom is 0.326 e. The van der Waals surface area contributed by atoms with E-state index in [1.807, 2.05) is 6.92 Å². The lowest BCUT2D eigenvalue weighted by atomic mass is 10.1. The molecule has 0 aliphatic rings. The molecule has 1 aromatic carbocycles. The van der Waals surface area contributed by atoms with E-state index in [-0.39, 0.29) is 11.5 Å². The Kier molecular flexibility index (Phi) is 5.68. The number of amides is 1. The van der Waals surface area contributed by atoms with E-state index >= 15 is 0 Å². The molecular formula is C17H20FN3O3. The van der Waals surface area contributed by atoms with E-state index in [9.17, 15) is 19.1 Å². The molecule has 0 saturated carbocycles. The Morgan fingerprint density at radius 3 is 2.58 bits per heavy atom. The summed E-state index contributed by atoms with van der Waals surface area (Å²) in [6, 6.07) is 6.35. The van der Waals surface area contributed by atoms with Crippen molar-refractivity contribution in [3.05, 3.63) is 47.5 Å². The molecule has 128 valence electrons. The highest BCUT2D eigenvalue weighted by molar-refractivity contribution is 5.95. The number of nitrogens with zero attached hydrogens (tertiary/aromatic N) is 2. The van der Waals surface area contributed by atoms with E-state index < -0.39 is 17.9 Å². The minimum atomic E-state index is -1.06. The first-order valence-electron chi connectivity index (χ1n) is 7.78. The van der Waals surface area contributed by atoms with Crippen molar-refractivity contribution in [2.75, 3.05) is 0 Å². The summed E-state index contributed by atoms with van der Waals surface area (Å²) in [5.74, 6) is -1.96. The fraction of sp³-hybridized carbons (Fsp3) is 0.353. The lowest BCUT2D eigenvalue weighted by Gasteiger charge is -2.12. The fourth-order valence-electron chi connectivity index (χ4n) is 2.33. The van der Waals surface area contributed by atoms with Gasteiger partial charge in [-0.25, -0.2) is 13.9 Å². The number of hydrogen-bond donors (Lipinski definition) is 2. The zero-order valence-electron chi connectivity index (χ0n) is 13.6. The summed E-state index contributed by atoms with van der Waals surface area (Å²) in [6.45, 7) is 3.72. The summed E-state index contributed by atoms with van der Waals surface area (Å²) in [6.07, 6.45) is 1.92. The number of rotatable bonds is 7. The lowest BCUT2D eigenvalue weighted by molar-refractivity contribution is -0.139. The van der Waals surface area contributed by atoms with Gasteiger partial charge in [0.05, 0.1) is 5.69 Å². The van der Waals surface area contributed by atoms with Crippen molar-refractivity contribution in [1.29, 1.82) is 0 Å². The number of carboxylic acid groups (broad SMARTS) is 1. The van der Waals surface area contributed by atoms with Gasteiger partial charge in [0.1, 0.15) is 11.9 Å². The number of aliphatic carboxylic acids is 1. The Morgan fingerprint density at radius 2 is 2.00 bits per heavy atom. The van der Waals surface area contributed by atoms with Gasteiger partial charge >= 0.3 is 5.97 Å². The molecule has 0 saturated heterocycles. The maximum atomic E-state index is 13.0. The van der Waals surface area contributed by atoms with Crippen LogP contribution < -0.4 is 5.32 Å². The lowest BCUT2D eigenvalue weighted by Crippen LogP contribution is -2.40. The Labute approximate surface area is 139 Å². The van der Waals surface area contributed by atoms with Crippen molar-refractivity contribution in [2.45, 2.75) is 39.2 Å². The Morgan fingerprint density at radius 1 is 1.33 bits per heavy atom. The van der Waals surface area contributed by atoms with Crippen LogP contribution in [0.3, 0.4) is 0 Å². The minimum Gasteiger partial charge on any atom is -0.480 e. The molecular weight excluding hydrogens is 313 g/mol. The molecule has 1 atom stereocenters. The second kappa shape index (κ2) is 7.72. The number of aryl methyl sites for hydroxylation is 1. The smallest absolute Gasteiger partial charge is 0.326 e. The van der Waals surface area contributed by atoms with E-state index in [0.29, 0.717) is 24.2 Å². The molecule has 2 aromatic rings. The highest BCUT2D eigenvalue weighted by Gasteiger charge is 2.22. The molecule has 1 aromatic heterocycles. The molecule has 0 unspecified atom stereocenters. The maximum absolute atomic E-state index is 13.0. The van der Waals surface area contributed by atoms with Gasteiger partial charge in [0, 0.05) is 5.69 Å². The Balaban J connectivity index is 2.17. The number of nitrogens with one attached hydrogen (secondary N) is 1. The van der Waals surface area contributed by atoms with Crippen molar-refractivity contribution in [3.8, 4) is 5.69 Å². The number of halogens is 1. The van der Waals surface area contributed by atoms with Crippen molar-refractivity contribution in [1.82, 2.24) is 15.1 Å². The quantitative estimate of drug-likeness (QED) is 0.816. The predicted molar refractivity (Wildman–Crippen MR) is 86.7 cm³/mol. The molecule has 24 heavy (non-hydrogen) atoms. The van der Waals surface area contributed by atoms with Gasteiger partial charge in [0.15, 0.2) is 5.69 Å². The van der Waals surface area contributed by atoms with E-state index in [2.05, 4.69) is 10.4 Å². The molecule has 6 nitrogen and oxygen atoms in total. The second-order valence-electron chi connectivity index (χ2n) is 5.57. The number of unbranched alkanes of at least 4 members (excludes halogenated alkanes) is 1. The molecule has 1 amide bonds. The fourth-order valence-corrected chi connectivity index (χ4v) is 2.33. The molecule has 2 N–H and O–H groups in total. The summed E-state index contributed by atoms with van der Waals surface area (Å²) < 4.78 is 14.5. The van der Waals surface area contributed by atoms with Gasteiger partial charge in [-0.15, -0.1) is 0 Å². The van der Waals surface area contributed by atoms with Crippen LogP contribution in [0.4, 0.5) is 4.39 Å². The largest absolute Gasteiger partial charge is 0.480 e. The highest BCUT2D eigenvalue weighted by atomic mass is 19.1. The van der Waals surface area contributed by atoms with Crippen LogP contribution in [0, 0.1) is 12.7 Å². The average Bonchev–Trinajstić information content (AvgIpc) is 2.93. The van der Waals surface area contributed by atoms with Crippen LogP contribution in [0.25, 0.3) is 5.69 Å². The third-order valence-corrected chi connectivity index (χ3v) is 3.64. The first-order valence-corrected chi connectivity index (χ1v) is 7.78. The first kappa shape index (κ1) is 17.7. The Hall–Kier alpha value is -2.70. The van der Waals surface area contributed by atoms with Crippen LogP contribution in [0.5, 0.6) is 0 Å². The number of aromatic nitrogens is 2. The number of carboxylic acids is 1. The molecule has 0 aliphatic heterocycles. The zero-order valence-corrected chi connectivity index (χ0v) is 13.6. The van der Waals surface area contributed by atoms with Gasteiger partial charge in [-0.1, -0.05) is 19.8 Å². The van der Waals surface area contributed by atoms with Crippen LogP contribution in [0.1, 0.15) is 42.4 Å². The average molecular weight is 333 g/mol. The van der Waals surface area contributed by atoms with Crippen molar-refractivity contribution in [2.24, 2.45) is 0 Å². The molecule has 0 aliphatic carbocycles. The zero-order chi connectivity index (χ0) is 17.7. The first-order chi connectivity index (χ1) is 11.4. The molecule has 0 fully saturated rings. The second-order valence-corrected chi connectivity index (χ2v) is 5.57. The summed E-state index contributed by atoms with van der Waals surface area (Å²) >= 11 is 0. The van der Waals surface area contributed by atoms with E-state index in [4.69, 9.17) is 0 Å². The van der Waals surface area contributed by atoms with E-state index in [1.165, 1.54) is 16.8 Å². The number of hydrogen-bond acceptors (Lipinski definition) is 3. The van der Waals surface area contributed by atoms with Gasteiger partial charge in [0.2, 0.25) is 0 Å². The molecule has 0 bridgehead atoms. The highest BCUT2D eigenvalue weighted by Crippen LogP contribution is 2.13. The molecule has 2 rings (SSSR count). The third kappa shape index (κ3) is 4.18. The Bertz CT molecular complexity index is 725. The molecule has 0 radical (unpaired) electrons. The number of carbonyl (C=O) groups excluding carboxylic acids is 1. The van der Waals surface area contributed by atoms with E-state index in [1.54, 1.807) is 25.1 Å². The summed E-state index contributed by atoms with van der Waals surface area (Å²) in [5.41, 5.74) is 1.43. The SMILES string of the molecule is CCCC[C@H](NC(=O)c1cc(C)n(-c2ccc(F)cc2)n1)C(=O)O.